The van der Waals surface area contributed by atoms with Crippen LogP contribution in [0, 0.1) is 0 Å². The number of rotatable bonds is 6. The molecule has 1 aromatic rings. The van der Waals surface area contributed by atoms with E-state index in [2.05, 4.69) is 6.07 Å². The van der Waals surface area contributed by atoms with Gasteiger partial charge in [0.1, 0.15) is 9.84 Å². The molecule has 1 aromatic heterocycles. The Kier molecular flexibility index (Phi) is 4.45. The first-order valence-corrected chi connectivity index (χ1v) is 9.15. The number of aryl methyl sites for hydroxylation is 2. The molecule has 0 amide bonds. The molecule has 0 aliphatic heterocycles. The van der Waals surface area contributed by atoms with Crippen LogP contribution in [0.25, 0.3) is 0 Å². The summed E-state index contributed by atoms with van der Waals surface area (Å²) >= 11 is 1.69. The van der Waals surface area contributed by atoms with Crippen molar-refractivity contribution in [1.82, 2.24) is 0 Å². The number of sulfone groups is 1. The predicted octanol–water partition coefficient (Wildman–Crippen LogP) is 2.49. The Labute approximate surface area is 113 Å². The third kappa shape index (κ3) is 3.33. The van der Waals surface area contributed by atoms with Crippen LogP contribution < -0.4 is 0 Å². The van der Waals surface area contributed by atoms with Gasteiger partial charge in [0.25, 0.3) is 0 Å². The van der Waals surface area contributed by atoms with Crippen LogP contribution in [0.5, 0.6) is 0 Å². The first kappa shape index (κ1) is 14.0. The fourth-order valence-corrected chi connectivity index (χ4v) is 4.47. The van der Waals surface area contributed by atoms with Gasteiger partial charge in [-0.05, 0) is 43.7 Å². The second-order valence-electron chi connectivity index (χ2n) is 4.85. The number of hydrogen-bond acceptors (Lipinski definition) is 4. The van der Waals surface area contributed by atoms with Crippen molar-refractivity contribution in [3.05, 3.63) is 21.4 Å². The quantitative estimate of drug-likeness (QED) is 0.875. The third-order valence-electron chi connectivity index (χ3n) is 3.47. The summed E-state index contributed by atoms with van der Waals surface area (Å²) in [5.74, 6) is 0.377. The summed E-state index contributed by atoms with van der Waals surface area (Å²) in [6.07, 6.45) is 4.08. The number of hydrogen-bond donors (Lipinski definition) is 1. The van der Waals surface area contributed by atoms with E-state index < -0.39 is 15.9 Å². The van der Waals surface area contributed by atoms with Gasteiger partial charge >= 0.3 is 0 Å². The topological polar surface area (TPSA) is 54.4 Å². The summed E-state index contributed by atoms with van der Waals surface area (Å²) in [5, 5.41) is 10.1. The van der Waals surface area contributed by atoms with E-state index >= 15 is 0 Å². The molecule has 0 radical (unpaired) electrons. The van der Waals surface area contributed by atoms with Crippen LogP contribution in [0.3, 0.4) is 0 Å². The Morgan fingerprint density at radius 3 is 2.89 bits per heavy atom. The van der Waals surface area contributed by atoms with E-state index in [-0.39, 0.29) is 11.5 Å². The lowest BCUT2D eigenvalue weighted by Gasteiger charge is -2.08. The molecular weight excluding hydrogens is 268 g/mol. The normalized spacial score (nSPS) is 16.8. The molecule has 5 heteroatoms. The van der Waals surface area contributed by atoms with Crippen LogP contribution in [-0.4, -0.2) is 25.0 Å². The van der Waals surface area contributed by atoms with Crippen molar-refractivity contribution < 1.29 is 13.5 Å². The summed E-state index contributed by atoms with van der Waals surface area (Å²) in [6, 6.07) is 2.10. The summed E-state index contributed by atoms with van der Waals surface area (Å²) in [4.78, 5) is 2.42. The van der Waals surface area contributed by atoms with E-state index in [9.17, 15) is 13.5 Å². The fraction of sp³-hybridized carbons (Fsp3) is 0.692. The largest absolute Gasteiger partial charge is 0.388 e. The zero-order valence-corrected chi connectivity index (χ0v) is 12.3. The molecule has 0 saturated heterocycles. The molecule has 1 atom stereocenters. The fourth-order valence-electron chi connectivity index (χ4n) is 2.30. The van der Waals surface area contributed by atoms with Crippen LogP contribution >= 0.6 is 11.3 Å². The molecule has 0 saturated carbocycles. The van der Waals surface area contributed by atoms with E-state index in [0.29, 0.717) is 12.8 Å². The molecule has 1 unspecified atom stereocenters. The SMILES string of the molecule is CCS(=O)(=O)CCCC(O)c1cc2c(s1)CCC2. The van der Waals surface area contributed by atoms with Crippen molar-refractivity contribution in [2.24, 2.45) is 0 Å². The molecule has 3 nitrogen and oxygen atoms in total. The van der Waals surface area contributed by atoms with Gasteiger partial charge in [-0.2, -0.15) is 0 Å². The van der Waals surface area contributed by atoms with Crippen molar-refractivity contribution in [3.63, 3.8) is 0 Å². The van der Waals surface area contributed by atoms with Crippen LogP contribution in [-0.2, 0) is 22.7 Å². The maximum absolute atomic E-state index is 11.4. The van der Waals surface area contributed by atoms with Crippen LogP contribution in [0.2, 0.25) is 0 Å². The summed E-state index contributed by atoms with van der Waals surface area (Å²) in [6.45, 7) is 1.66. The minimum Gasteiger partial charge on any atom is -0.388 e. The number of aliphatic hydroxyl groups is 1. The summed E-state index contributed by atoms with van der Waals surface area (Å²) in [5.41, 5.74) is 1.38. The second-order valence-corrected chi connectivity index (χ2v) is 8.49. The lowest BCUT2D eigenvalue weighted by molar-refractivity contribution is 0.170. The standard InChI is InChI=1S/C13H20O3S2/c1-2-18(15,16)8-4-6-11(14)13-9-10-5-3-7-12(10)17-13/h9,11,14H,2-8H2,1H3. The Morgan fingerprint density at radius 1 is 1.44 bits per heavy atom. The average Bonchev–Trinajstić information content (AvgIpc) is 2.88. The van der Waals surface area contributed by atoms with Gasteiger partial charge in [-0.1, -0.05) is 6.92 Å². The molecule has 2 rings (SSSR count). The third-order valence-corrected chi connectivity index (χ3v) is 6.60. The molecular formula is C13H20O3S2. The van der Waals surface area contributed by atoms with Crippen molar-refractivity contribution in [1.29, 1.82) is 0 Å². The Bertz CT molecular complexity index is 481. The molecule has 18 heavy (non-hydrogen) atoms. The Hall–Kier alpha value is -0.390. The lowest BCUT2D eigenvalue weighted by atomic mass is 10.1. The van der Waals surface area contributed by atoms with Gasteiger partial charge in [0.05, 0.1) is 11.9 Å². The van der Waals surface area contributed by atoms with E-state index in [1.807, 2.05) is 0 Å². The van der Waals surface area contributed by atoms with Crippen LogP contribution in [0.15, 0.2) is 6.07 Å². The number of thiophene rings is 1. The summed E-state index contributed by atoms with van der Waals surface area (Å²) in [7, 11) is -2.90. The summed E-state index contributed by atoms with van der Waals surface area (Å²) < 4.78 is 22.7. The van der Waals surface area contributed by atoms with Crippen molar-refractivity contribution in [2.45, 2.75) is 45.1 Å². The highest BCUT2D eigenvalue weighted by molar-refractivity contribution is 7.91. The molecule has 0 bridgehead atoms. The highest BCUT2D eigenvalue weighted by atomic mass is 32.2. The number of aliphatic hydroxyl groups excluding tert-OH is 1. The first-order valence-electron chi connectivity index (χ1n) is 6.52. The van der Waals surface area contributed by atoms with Gasteiger partial charge in [0, 0.05) is 15.5 Å². The van der Waals surface area contributed by atoms with Crippen LogP contribution in [0.1, 0.15) is 47.6 Å². The monoisotopic (exact) mass is 288 g/mol. The van der Waals surface area contributed by atoms with E-state index in [1.54, 1.807) is 18.3 Å². The molecule has 102 valence electrons. The van der Waals surface area contributed by atoms with Crippen LogP contribution in [0.4, 0.5) is 0 Å². The molecule has 1 aliphatic rings. The molecule has 0 aromatic carbocycles. The Balaban J connectivity index is 1.86. The maximum atomic E-state index is 11.4. The second kappa shape index (κ2) is 5.72. The van der Waals surface area contributed by atoms with Gasteiger partial charge in [0.15, 0.2) is 0 Å². The van der Waals surface area contributed by atoms with Gasteiger partial charge in [-0.3, -0.25) is 0 Å². The van der Waals surface area contributed by atoms with E-state index in [1.165, 1.54) is 16.9 Å². The highest BCUT2D eigenvalue weighted by Crippen LogP contribution is 2.35. The minimum atomic E-state index is -2.90. The van der Waals surface area contributed by atoms with Gasteiger partial charge in [0.2, 0.25) is 0 Å². The molecule has 1 N–H and O–H groups in total. The average molecular weight is 288 g/mol. The maximum Gasteiger partial charge on any atom is 0.150 e. The van der Waals surface area contributed by atoms with Gasteiger partial charge in [-0.25, -0.2) is 8.42 Å². The zero-order chi connectivity index (χ0) is 13.2. The van der Waals surface area contributed by atoms with E-state index in [4.69, 9.17) is 0 Å². The molecule has 1 heterocycles. The minimum absolute atomic E-state index is 0.186. The van der Waals surface area contributed by atoms with Crippen molar-refractivity contribution in [2.75, 3.05) is 11.5 Å². The predicted molar refractivity (Wildman–Crippen MR) is 74.9 cm³/mol. The van der Waals surface area contributed by atoms with Crippen molar-refractivity contribution >= 4 is 21.2 Å². The smallest absolute Gasteiger partial charge is 0.150 e. The van der Waals surface area contributed by atoms with E-state index in [0.717, 1.165) is 17.7 Å². The molecule has 1 aliphatic carbocycles. The zero-order valence-electron chi connectivity index (χ0n) is 10.7. The number of fused-ring (bicyclic) bond motifs is 1. The first-order chi connectivity index (χ1) is 8.52. The Morgan fingerprint density at radius 2 is 2.22 bits per heavy atom. The van der Waals surface area contributed by atoms with Crippen molar-refractivity contribution in [3.8, 4) is 0 Å². The molecule has 0 fully saturated rings. The van der Waals surface area contributed by atoms with Gasteiger partial charge in [-0.15, -0.1) is 11.3 Å². The van der Waals surface area contributed by atoms with Gasteiger partial charge < -0.3 is 5.11 Å². The highest BCUT2D eigenvalue weighted by Gasteiger charge is 2.19. The lowest BCUT2D eigenvalue weighted by Crippen LogP contribution is -2.09. The molecule has 0 spiro atoms.